The van der Waals surface area contributed by atoms with Crippen molar-refractivity contribution >= 4 is 86.0 Å². The summed E-state index contributed by atoms with van der Waals surface area (Å²) in [4.78, 5) is 12.4. The Morgan fingerprint density at radius 1 is 0.460 bits per heavy atom. The van der Waals surface area contributed by atoms with Crippen LogP contribution in [-0.2, 0) is 10.8 Å². The third-order valence-corrected chi connectivity index (χ3v) is 15.3. The van der Waals surface area contributed by atoms with Gasteiger partial charge in [-0.25, -0.2) is 9.97 Å². The van der Waals surface area contributed by atoms with Crippen molar-refractivity contribution in [3.05, 3.63) is 181 Å². The van der Waals surface area contributed by atoms with E-state index < -0.39 is 0 Å². The smallest absolute Gasteiger partial charge is 0.236 e. The van der Waals surface area contributed by atoms with E-state index in [1.807, 2.05) is 0 Å². The fourth-order valence-corrected chi connectivity index (χ4v) is 12.1. The van der Waals surface area contributed by atoms with E-state index in [0.29, 0.717) is 5.95 Å². The molecule has 5 heteroatoms. The number of hydrogen-bond acceptors (Lipinski definition) is 3. The van der Waals surface area contributed by atoms with Crippen molar-refractivity contribution in [2.75, 3.05) is 0 Å². The van der Waals surface area contributed by atoms with Crippen molar-refractivity contribution in [2.45, 2.75) is 51.4 Å². The van der Waals surface area contributed by atoms with Gasteiger partial charge in [-0.15, -0.1) is 11.3 Å². The van der Waals surface area contributed by atoms with Crippen LogP contribution >= 0.6 is 11.3 Å². The summed E-state index contributed by atoms with van der Waals surface area (Å²) in [6.45, 7) is 9.74. The predicted molar refractivity (Wildman–Crippen MR) is 267 cm³/mol. The Bertz CT molecular complexity index is 3850. The highest BCUT2D eigenvalue weighted by atomic mass is 32.1. The van der Waals surface area contributed by atoms with Crippen LogP contribution in [0.1, 0.15) is 51.7 Å². The lowest BCUT2D eigenvalue weighted by Crippen LogP contribution is -2.33. The van der Waals surface area contributed by atoms with Crippen LogP contribution in [0.25, 0.3) is 109 Å². The minimum absolute atomic E-state index is 0.0449. The molecule has 0 N–H and O–H groups in total. The zero-order chi connectivity index (χ0) is 42.2. The van der Waals surface area contributed by atoms with Crippen LogP contribution in [0.4, 0.5) is 0 Å². The summed E-state index contributed by atoms with van der Waals surface area (Å²) in [5, 5.41) is 9.71. The Labute approximate surface area is 369 Å². The van der Waals surface area contributed by atoms with Crippen molar-refractivity contribution in [3.8, 4) is 34.0 Å². The number of benzene rings is 8. The predicted octanol–water partition coefficient (Wildman–Crippen LogP) is 15.9. The first-order valence-electron chi connectivity index (χ1n) is 22.1. The topological polar surface area (TPSA) is 35.6 Å². The van der Waals surface area contributed by atoms with Crippen molar-refractivity contribution in [2.24, 2.45) is 0 Å². The fraction of sp³-hybridized carbons (Fsp3) is 0.138. The maximum atomic E-state index is 5.82. The summed E-state index contributed by atoms with van der Waals surface area (Å²) in [7, 11) is 0. The highest BCUT2D eigenvalue weighted by Crippen LogP contribution is 2.52. The largest absolute Gasteiger partial charge is 0.307 e. The Hall–Kier alpha value is -7.08. The molecule has 0 amide bonds. The van der Waals surface area contributed by atoms with Gasteiger partial charge in [0.1, 0.15) is 4.83 Å². The van der Waals surface area contributed by atoms with Gasteiger partial charge >= 0.3 is 0 Å². The molecule has 1 aliphatic carbocycles. The number of nitrogens with zero attached hydrogens (tertiary/aromatic N) is 4. The standard InChI is InChI=1S/C58H44N4S/c1-57(2)31-32-58(3,4)45-34-47-43(33-44(45)57)50-39-25-13-12-24-38(39)49-41-27-15-17-29-46(41)62(54(49)53(50)61(47)36-21-9-6-10-22-36)56-59-52(51-42-28-16-18-30-48(42)63-55(51)60-56)40-26-14-11-23-37(40)35-19-7-5-8-20-35/h5-30,33-34H,31-32H2,1-4H3. The van der Waals surface area contributed by atoms with Crippen LogP contribution in [0.3, 0.4) is 0 Å². The molecule has 13 rings (SSSR count). The number of fused-ring (bicyclic) bond motifs is 14. The Balaban J connectivity index is 1.26. The second kappa shape index (κ2) is 13.2. The van der Waals surface area contributed by atoms with E-state index >= 15 is 0 Å². The Morgan fingerprint density at radius 3 is 1.75 bits per heavy atom. The third kappa shape index (κ3) is 5.20. The normalized spacial score (nSPS) is 14.8. The molecule has 0 aliphatic heterocycles. The van der Waals surface area contributed by atoms with Crippen LogP contribution in [0.5, 0.6) is 0 Å². The molecule has 4 heterocycles. The van der Waals surface area contributed by atoms with Crippen molar-refractivity contribution in [1.29, 1.82) is 0 Å². The molecule has 0 spiro atoms. The molecule has 0 radical (unpaired) electrons. The second-order valence-corrected chi connectivity index (χ2v) is 19.8. The van der Waals surface area contributed by atoms with E-state index in [9.17, 15) is 0 Å². The van der Waals surface area contributed by atoms with Gasteiger partial charge < -0.3 is 4.57 Å². The van der Waals surface area contributed by atoms with Gasteiger partial charge in [-0.1, -0.05) is 161 Å². The summed E-state index contributed by atoms with van der Waals surface area (Å²) in [6, 6.07) is 62.2. The summed E-state index contributed by atoms with van der Waals surface area (Å²) >= 11 is 1.75. The van der Waals surface area contributed by atoms with E-state index in [4.69, 9.17) is 9.97 Å². The zero-order valence-electron chi connectivity index (χ0n) is 35.8. The summed E-state index contributed by atoms with van der Waals surface area (Å²) in [5.41, 5.74) is 13.1. The summed E-state index contributed by atoms with van der Waals surface area (Å²) in [6.07, 6.45) is 2.31. The monoisotopic (exact) mass is 828 g/mol. The SMILES string of the molecule is CC1(C)CCC(C)(C)c2cc3c(cc21)c1c2ccccc2c2c4ccccc4n(-c4nc(-c5ccccc5-c5ccccc5)c5c(n4)sc4ccccc45)c2c1n3-c1ccccc1. The van der Waals surface area contributed by atoms with Crippen LogP contribution in [-0.4, -0.2) is 19.1 Å². The van der Waals surface area contributed by atoms with Gasteiger partial charge in [0.2, 0.25) is 5.95 Å². The molecule has 0 saturated carbocycles. The van der Waals surface area contributed by atoms with Gasteiger partial charge in [0, 0.05) is 48.3 Å². The number of hydrogen-bond donors (Lipinski definition) is 0. The van der Waals surface area contributed by atoms with E-state index in [1.54, 1.807) is 11.3 Å². The van der Waals surface area contributed by atoms with E-state index in [2.05, 4.69) is 207 Å². The maximum absolute atomic E-state index is 5.82. The summed E-state index contributed by atoms with van der Waals surface area (Å²) in [5.74, 6) is 0.668. The molecule has 0 saturated heterocycles. The minimum atomic E-state index is 0.0449. The van der Waals surface area contributed by atoms with E-state index in [1.165, 1.54) is 64.6 Å². The molecule has 4 aromatic heterocycles. The number of thiophene rings is 1. The molecule has 0 fully saturated rings. The highest BCUT2D eigenvalue weighted by molar-refractivity contribution is 7.25. The van der Waals surface area contributed by atoms with Crippen LogP contribution in [0.2, 0.25) is 0 Å². The van der Waals surface area contributed by atoms with E-state index in [0.717, 1.165) is 62.2 Å². The maximum Gasteiger partial charge on any atom is 0.236 e. The Kier molecular flexibility index (Phi) is 7.67. The van der Waals surface area contributed by atoms with Gasteiger partial charge in [0.15, 0.2) is 0 Å². The first kappa shape index (κ1) is 36.6. The van der Waals surface area contributed by atoms with Gasteiger partial charge in [-0.2, -0.15) is 0 Å². The molecule has 1 aliphatic rings. The number of rotatable bonds is 4. The molecule has 12 aromatic rings. The van der Waals surface area contributed by atoms with Crippen molar-refractivity contribution < 1.29 is 0 Å². The van der Waals surface area contributed by atoms with Gasteiger partial charge in [-0.05, 0) is 93.1 Å². The van der Waals surface area contributed by atoms with Crippen LogP contribution in [0, 0.1) is 0 Å². The fourth-order valence-electron chi connectivity index (χ4n) is 11.0. The van der Waals surface area contributed by atoms with E-state index in [-0.39, 0.29) is 10.8 Å². The molecule has 63 heavy (non-hydrogen) atoms. The lowest BCUT2D eigenvalue weighted by atomic mass is 9.63. The second-order valence-electron chi connectivity index (χ2n) is 18.8. The molecular weight excluding hydrogens is 785 g/mol. The lowest BCUT2D eigenvalue weighted by molar-refractivity contribution is 0.332. The molecule has 4 nitrogen and oxygen atoms in total. The first-order valence-corrected chi connectivity index (χ1v) is 23.0. The van der Waals surface area contributed by atoms with Gasteiger partial charge in [0.05, 0.1) is 27.8 Å². The number of para-hydroxylation sites is 2. The Morgan fingerprint density at radius 2 is 1.02 bits per heavy atom. The molecule has 0 atom stereocenters. The van der Waals surface area contributed by atoms with Gasteiger partial charge in [-0.3, -0.25) is 4.57 Å². The summed E-state index contributed by atoms with van der Waals surface area (Å²) < 4.78 is 6.15. The molecule has 302 valence electrons. The molecule has 0 bridgehead atoms. The average molecular weight is 829 g/mol. The third-order valence-electron chi connectivity index (χ3n) is 14.2. The van der Waals surface area contributed by atoms with Gasteiger partial charge in [0.25, 0.3) is 0 Å². The quantitative estimate of drug-likeness (QED) is 0.177. The first-order chi connectivity index (χ1) is 30.8. The van der Waals surface area contributed by atoms with Crippen molar-refractivity contribution in [1.82, 2.24) is 19.1 Å². The molecule has 8 aromatic carbocycles. The molecular formula is C58H44N4S. The molecule has 0 unspecified atom stereocenters. The average Bonchev–Trinajstić information content (AvgIpc) is 3.98. The highest BCUT2D eigenvalue weighted by Gasteiger charge is 2.38. The van der Waals surface area contributed by atoms with Crippen LogP contribution < -0.4 is 0 Å². The van der Waals surface area contributed by atoms with Crippen molar-refractivity contribution in [3.63, 3.8) is 0 Å². The van der Waals surface area contributed by atoms with Crippen LogP contribution in [0.15, 0.2) is 170 Å². The number of aromatic nitrogens is 4. The lowest BCUT2D eigenvalue weighted by Gasteiger charge is -2.42. The minimum Gasteiger partial charge on any atom is -0.307 e. The zero-order valence-corrected chi connectivity index (χ0v) is 36.6.